The van der Waals surface area contributed by atoms with E-state index in [9.17, 15) is 22.0 Å². The highest BCUT2D eigenvalue weighted by atomic mass is 19.3. The van der Waals surface area contributed by atoms with Crippen molar-refractivity contribution in [2.24, 2.45) is 0 Å². The van der Waals surface area contributed by atoms with Crippen LogP contribution in [-0.2, 0) is 0 Å². The monoisotopic (exact) mass is 161 g/mol. The average Bonchev–Trinajstić information content (AvgIpc) is 1.86. The fourth-order valence-corrected chi connectivity index (χ4v) is 0.375. The molecule has 0 saturated carbocycles. The van der Waals surface area contributed by atoms with Crippen LogP contribution in [-0.4, -0.2) is 12.1 Å². The summed E-state index contributed by atoms with van der Waals surface area (Å²) in [5.74, 6) is -4.57. The Morgan fingerprint density at radius 1 is 1.40 bits per heavy atom. The van der Waals surface area contributed by atoms with Crippen LogP contribution in [0.4, 0.5) is 22.0 Å². The highest BCUT2D eigenvalue weighted by Gasteiger charge is 2.50. The van der Waals surface area contributed by atoms with Crippen LogP contribution in [0.15, 0.2) is 0 Å². The van der Waals surface area contributed by atoms with Crippen LogP contribution < -0.4 is 0 Å². The fraction of sp³-hybridized carbons (Fsp3) is 0.800. The van der Waals surface area contributed by atoms with Gasteiger partial charge in [0.05, 0.1) is 0 Å². The van der Waals surface area contributed by atoms with E-state index in [1.165, 1.54) is 0 Å². The topological polar surface area (TPSA) is 0 Å². The molecule has 61 valence electrons. The second kappa shape index (κ2) is 3.16. The maximum absolute atomic E-state index is 11.9. The molecule has 0 aromatic rings. The van der Waals surface area contributed by atoms with Gasteiger partial charge in [0.15, 0.2) is 6.17 Å². The summed E-state index contributed by atoms with van der Waals surface area (Å²) in [7, 11) is 0. The highest BCUT2D eigenvalue weighted by molar-refractivity contribution is 4.89. The van der Waals surface area contributed by atoms with Crippen molar-refractivity contribution < 1.29 is 22.0 Å². The van der Waals surface area contributed by atoms with Gasteiger partial charge in [0.1, 0.15) is 0 Å². The van der Waals surface area contributed by atoms with Crippen molar-refractivity contribution in [1.29, 1.82) is 0 Å². The third-order valence-corrected chi connectivity index (χ3v) is 1.00. The first-order valence-electron chi connectivity index (χ1n) is 2.63. The lowest BCUT2D eigenvalue weighted by molar-refractivity contribution is -0.115. The summed E-state index contributed by atoms with van der Waals surface area (Å²) in [4.78, 5) is 0. The van der Waals surface area contributed by atoms with Gasteiger partial charge in [-0.05, 0) is 6.42 Å². The maximum Gasteiger partial charge on any atom is 0.381 e. The largest absolute Gasteiger partial charge is 0.381 e. The van der Waals surface area contributed by atoms with Gasteiger partial charge in [-0.3, -0.25) is 0 Å². The highest BCUT2D eigenvalue weighted by Crippen LogP contribution is 2.35. The lowest BCUT2D eigenvalue weighted by Crippen LogP contribution is -2.32. The van der Waals surface area contributed by atoms with Gasteiger partial charge in [-0.15, -0.1) is 0 Å². The second-order valence-electron chi connectivity index (χ2n) is 1.76. The van der Waals surface area contributed by atoms with E-state index in [-0.39, 0.29) is 0 Å². The Hall–Kier alpha value is -0.350. The standard InChI is InChI=1S/C5H6F5/c1-2-3(6)5(9,10)4(7)8/h3H,2H2,1H3. The summed E-state index contributed by atoms with van der Waals surface area (Å²) < 4.78 is 57.8. The number of hydrogen-bond donors (Lipinski definition) is 0. The van der Waals surface area contributed by atoms with Crippen LogP contribution in [0.2, 0.25) is 0 Å². The molecule has 0 aliphatic carbocycles. The fourth-order valence-electron chi connectivity index (χ4n) is 0.375. The Balaban J connectivity index is 4.09. The maximum atomic E-state index is 11.9. The van der Waals surface area contributed by atoms with Gasteiger partial charge in [0, 0.05) is 0 Å². The third-order valence-electron chi connectivity index (χ3n) is 1.00. The van der Waals surface area contributed by atoms with Crippen molar-refractivity contribution in [1.82, 2.24) is 0 Å². The van der Waals surface area contributed by atoms with E-state index in [0.29, 0.717) is 0 Å². The molecule has 0 aromatic heterocycles. The zero-order valence-electron chi connectivity index (χ0n) is 5.17. The van der Waals surface area contributed by atoms with E-state index < -0.39 is 24.9 Å². The Morgan fingerprint density at radius 2 is 1.80 bits per heavy atom. The van der Waals surface area contributed by atoms with Crippen LogP contribution in [0.5, 0.6) is 0 Å². The smallest absolute Gasteiger partial charge is 0.241 e. The van der Waals surface area contributed by atoms with Crippen LogP contribution in [0.1, 0.15) is 13.3 Å². The molecular formula is C5H6F5. The molecule has 0 N–H and O–H groups in total. The molecule has 10 heavy (non-hydrogen) atoms. The predicted molar refractivity (Wildman–Crippen MR) is 25.6 cm³/mol. The predicted octanol–water partition coefficient (Wildman–Crippen LogP) is 2.80. The Kier molecular flexibility index (Phi) is 3.05. The Morgan fingerprint density at radius 3 is 1.90 bits per heavy atom. The average molecular weight is 161 g/mol. The number of alkyl halides is 3. The zero-order valence-corrected chi connectivity index (χ0v) is 5.17. The number of rotatable bonds is 3. The van der Waals surface area contributed by atoms with Crippen LogP contribution >= 0.6 is 0 Å². The molecule has 0 heterocycles. The molecule has 0 aromatic carbocycles. The van der Waals surface area contributed by atoms with Crippen LogP contribution in [0.25, 0.3) is 0 Å². The summed E-state index contributed by atoms with van der Waals surface area (Å²) in [6.07, 6.45) is -6.57. The van der Waals surface area contributed by atoms with Gasteiger partial charge in [0.25, 0.3) is 0 Å². The molecule has 0 amide bonds. The van der Waals surface area contributed by atoms with E-state index in [4.69, 9.17) is 0 Å². The minimum Gasteiger partial charge on any atom is -0.241 e. The van der Waals surface area contributed by atoms with Gasteiger partial charge in [-0.25, -0.2) is 4.39 Å². The molecule has 1 radical (unpaired) electrons. The minimum atomic E-state index is -4.57. The zero-order chi connectivity index (χ0) is 8.36. The molecule has 1 atom stereocenters. The molecule has 0 aliphatic rings. The van der Waals surface area contributed by atoms with Gasteiger partial charge >= 0.3 is 12.3 Å². The van der Waals surface area contributed by atoms with Crippen LogP contribution in [0, 0.1) is 6.43 Å². The van der Waals surface area contributed by atoms with Crippen molar-refractivity contribution in [3.63, 3.8) is 0 Å². The normalized spacial score (nSPS) is 15.9. The molecule has 0 aliphatic heterocycles. The van der Waals surface area contributed by atoms with Crippen molar-refractivity contribution in [3.05, 3.63) is 6.43 Å². The van der Waals surface area contributed by atoms with Crippen molar-refractivity contribution in [2.45, 2.75) is 25.4 Å². The van der Waals surface area contributed by atoms with E-state index in [0.717, 1.165) is 6.92 Å². The molecule has 1 unspecified atom stereocenters. The van der Waals surface area contributed by atoms with Gasteiger partial charge in [-0.1, -0.05) is 6.92 Å². The van der Waals surface area contributed by atoms with Crippen LogP contribution in [0.3, 0.4) is 0 Å². The summed E-state index contributed by atoms with van der Waals surface area (Å²) in [5.41, 5.74) is 0. The first-order valence-corrected chi connectivity index (χ1v) is 2.63. The first kappa shape index (κ1) is 9.65. The Labute approximate surface area is 55.0 Å². The minimum absolute atomic E-state index is 0.621. The van der Waals surface area contributed by atoms with Gasteiger partial charge < -0.3 is 0 Å². The lowest BCUT2D eigenvalue weighted by Gasteiger charge is -2.16. The van der Waals surface area contributed by atoms with E-state index >= 15 is 0 Å². The van der Waals surface area contributed by atoms with Gasteiger partial charge in [0.2, 0.25) is 0 Å². The summed E-state index contributed by atoms with van der Waals surface area (Å²) in [6.45, 7) is 1.07. The van der Waals surface area contributed by atoms with Crippen molar-refractivity contribution >= 4 is 0 Å². The van der Waals surface area contributed by atoms with Gasteiger partial charge in [-0.2, -0.15) is 17.6 Å². The summed E-state index contributed by atoms with van der Waals surface area (Å²) in [5, 5.41) is 0. The Bertz CT molecular complexity index is 100. The van der Waals surface area contributed by atoms with E-state index in [2.05, 4.69) is 0 Å². The molecule has 0 fully saturated rings. The molecule has 0 spiro atoms. The number of halogens is 5. The molecule has 0 nitrogen and oxygen atoms in total. The van der Waals surface area contributed by atoms with Crippen molar-refractivity contribution in [2.75, 3.05) is 0 Å². The van der Waals surface area contributed by atoms with Crippen molar-refractivity contribution in [3.8, 4) is 0 Å². The van der Waals surface area contributed by atoms with E-state index in [1.54, 1.807) is 0 Å². The third kappa shape index (κ3) is 1.82. The second-order valence-corrected chi connectivity index (χ2v) is 1.76. The lowest BCUT2D eigenvalue weighted by atomic mass is 10.2. The SMILES string of the molecule is CCC(F)C(F)(F)[C](F)F. The molecule has 0 bridgehead atoms. The number of hydrogen-bond acceptors (Lipinski definition) is 0. The molecule has 0 saturated heterocycles. The van der Waals surface area contributed by atoms with E-state index in [1.807, 2.05) is 0 Å². The quantitative estimate of drug-likeness (QED) is 0.558. The summed E-state index contributed by atoms with van der Waals surface area (Å²) >= 11 is 0. The molecular weight excluding hydrogens is 155 g/mol. The summed E-state index contributed by atoms with van der Waals surface area (Å²) in [6, 6.07) is 0. The molecule has 5 heteroatoms. The first-order chi connectivity index (χ1) is 4.42. The molecule has 0 rings (SSSR count).